The van der Waals surface area contributed by atoms with Crippen molar-refractivity contribution in [2.24, 2.45) is 0 Å². The first kappa shape index (κ1) is 30.2. The average molecular weight is 567 g/mol. The van der Waals surface area contributed by atoms with Crippen LogP contribution in [-0.2, 0) is 41.5 Å². The molecule has 0 spiro atoms. The van der Waals surface area contributed by atoms with Gasteiger partial charge in [0.15, 0.2) is 5.78 Å². The summed E-state index contributed by atoms with van der Waals surface area (Å²) in [6.45, 7) is 4.31. The van der Waals surface area contributed by atoms with Gasteiger partial charge < -0.3 is 30.2 Å². The molecule has 0 unspecified atom stereocenters. The van der Waals surface area contributed by atoms with Gasteiger partial charge in [-0.2, -0.15) is 0 Å². The highest BCUT2D eigenvalue weighted by Gasteiger charge is 2.50. The Morgan fingerprint density at radius 3 is 2.17 bits per heavy atom. The number of morpholine rings is 1. The van der Waals surface area contributed by atoms with E-state index in [1.54, 1.807) is 38.3 Å². The van der Waals surface area contributed by atoms with Gasteiger partial charge in [-0.1, -0.05) is 42.5 Å². The van der Waals surface area contributed by atoms with E-state index >= 15 is 0 Å². The summed E-state index contributed by atoms with van der Waals surface area (Å²) in [5.74, 6) is -0.873. The topological polar surface area (TPSA) is 139 Å². The van der Waals surface area contributed by atoms with E-state index in [2.05, 4.69) is 16.0 Å². The highest BCUT2D eigenvalue weighted by atomic mass is 16.6. The van der Waals surface area contributed by atoms with E-state index < -0.39 is 29.5 Å². The van der Waals surface area contributed by atoms with Crippen molar-refractivity contribution in [2.45, 2.75) is 37.5 Å². The van der Waals surface area contributed by atoms with Crippen molar-refractivity contribution in [1.82, 2.24) is 20.9 Å². The molecule has 2 aromatic carbocycles. The van der Waals surface area contributed by atoms with Gasteiger partial charge in [-0.15, -0.1) is 0 Å². The predicted octanol–water partition coefficient (Wildman–Crippen LogP) is 0.256. The van der Waals surface area contributed by atoms with Crippen LogP contribution in [0.25, 0.3) is 0 Å². The zero-order chi connectivity index (χ0) is 29.2. The maximum atomic E-state index is 13.6. The molecule has 2 heterocycles. The number of benzene rings is 2. The summed E-state index contributed by atoms with van der Waals surface area (Å²) >= 11 is 0. The van der Waals surface area contributed by atoms with E-state index in [0.29, 0.717) is 38.7 Å². The lowest BCUT2D eigenvalue weighted by Crippen LogP contribution is -2.56. The fraction of sp³-hybridized carbons (Fsp3) is 0.467. The predicted molar refractivity (Wildman–Crippen MR) is 150 cm³/mol. The van der Waals surface area contributed by atoms with Crippen LogP contribution in [0.4, 0.5) is 0 Å². The number of amides is 3. The number of rotatable bonds is 14. The molecule has 0 saturated carbocycles. The highest BCUT2D eigenvalue weighted by Crippen LogP contribution is 2.29. The van der Waals surface area contributed by atoms with Crippen molar-refractivity contribution >= 4 is 23.5 Å². The molecule has 0 bridgehead atoms. The minimum absolute atomic E-state index is 0.163. The number of methoxy groups -OCH3 is 1. The van der Waals surface area contributed by atoms with E-state index in [0.717, 1.165) is 11.1 Å². The van der Waals surface area contributed by atoms with Crippen LogP contribution < -0.4 is 20.7 Å². The third kappa shape index (κ3) is 9.10. The minimum atomic E-state index is -0.994. The number of nitrogens with one attached hydrogen (secondary N) is 3. The summed E-state index contributed by atoms with van der Waals surface area (Å²) in [5.41, 5.74) is 0.729. The number of ketones is 1. The molecule has 2 fully saturated rings. The number of hydrogen-bond donors (Lipinski definition) is 3. The maximum Gasteiger partial charge on any atom is 0.243 e. The van der Waals surface area contributed by atoms with Crippen LogP contribution in [0, 0.1) is 0 Å². The largest absolute Gasteiger partial charge is 0.497 e. The number of ether oxygens (including phenoxy) is 3. The van der Waals surface area contributed by atoms with Crippen LogP contribution in [-0.4, -0.2) is 99.2 Å². The zero-order valence-electron chi connectivity index (χ0n) is 23.5. The van der Waals surface area contributed by atoms with Crippen LogP contribution in [0.15, 0.2) is 54.6 Å². The van der Waals surface area contributed by atoms with Crippen molar-refractivity contribution in [3.8, 4) is 5.75 Å². The van der Waals surface area contributed by atoms with Crippen LogP contribution in [0.5, 0.6) is 5.75 Å². The fourth-order valence-electron chi connectivity index (χ4n) is 4.60. The molecule has 3 amide bonds. The Labute approximate surface area is 239 Å². The Morgan fingerprint density at radius 1 is 0.902 bits per heavy atom. The number of carbonyl (C=O) groups is 4. The van der Waals surface area contributed by atoms with Gasteiger partial charge in [0, 0.05) is 19.5 Å². The third-order valence-electron chi connectivity index (χ3n) is 7.18. The number of nitrogens with zero attached hydrogens (tertiary/aromatic N) is 1. The van der Waals surface area contributed by atoms with Gasteiger partial charge in [0.2, 0.25) is 17.7 Å². The van der Waals surface area contributed by atoms with Crippen LogP contribution in [0.3, 0.4) is 0 Å². The number of Topliss-reactive ketones (excluding diaryl/α,β-unsaturated/α-hetero) is 1. The second-order valence-electron chi connectivity index (χ2n) is 10.5. The standard InChI is InChI=1S/C30H38N4O7/c1-30(20-41-30)28(37)24(16-21-6-4-3-5-7-21)33-29(38)25(17-22-8-10-23(39-2)11-9-22)32-26(35)18-31-27(36)19-34-12-14-40-15-13-34/h3-11,24-25H,12-20H2,1-2H3,(H,31,36)(H,32,35)(H,33,38)/t24-,25-,30+/m0/s1. The van der Waals surface area contributed by atoms with Gasteiger partial charge in [0.25, 0.3) is 0 Å². The van der Waals surface area contributed by atoms with E-state index in [1.165, 1.54) is 0 Å². The summed E-state index contributed by atoms with van der Waals surface area (Å²) in [6.07, 6.45) is 0.453. The molecular formula is C30H38N4O7. The molecule has 2 saturated heterocycles. The average Bonchev–Trinajstić information content (AvgIpc) is 3.74. The SMILES string of the molecule is COc1ccc(C[C@H](NC(=O)CNC(=O)CN2CCOCC2)C(=O)N[C@@H](Cc2ccccc2)C(=O)[C@@]2(C)CO2)cc1. The molecule has 0 aromatic heterocycles. The molecule has 2 aromatic rings. The molecule has 11 nitrogen and oxygen atoms in total. The first-order chi connectivity index (χ1) is 19.8. The Kier molecular flexibility index (Phi) is 10.4. The second kappa shape index (κ2) is 14.2. The number of hydrogen-bond acceptors (Lipinski definition) is 8. The van der Waals surface area contributed by atoms with Crippen molar-refractivity contribution in [1.29, 1.82) is 0 Å². The van der Waals surface area contributed by atoms with Crippen LogP contribution in [0.1, 0.15) is 18.1 Å². The first-order valence-electron chi connectivity index (χ1n) is 13.8. The second-order valence-corrected chi connectivity index (χ2v) is 10.5. The smallest absolute Gasteiger partial charge is 0.243 e. The molecule has 41 heavy (non-hydrogen) atoms. The Balaban J connectivity index is 1.43. The van der Waals surface area contributed by atoms with Crippen molar-refractivity contribution in [2.75, 3.05) is 53.1 Å². The van der Waals surface area contributed by atoms with E-state index in [9.17, 15) is 19.2 Å². The summed E-state index contributed by atoms with van der Waals surface area (Å²) in [5, 5.41) is 8.23. The summed E-state index contributed by atoms with van der Waals surface area (Å²) in [6, 6.07) is 14.7. The number of carbonyl (C=O) groups excluding carboxylic acids is 4. The summed E-state index contributed by atoms with van der Waals surface area (Å²) < 4.78 is 15.9. The Hall–Kier alpha value is -3.80. The van der Waals surface area contributed by atoms with Gasteiger partial charge in [-0.3, -0.25) is 24.1 Å². The van der Waals surface area contributed by atoms with Crippen molar-refractivity contribution in [3.63, 3.8) is 0 Å². The quantitative estimate of drug-likeness (QED) is 0.277. The summed E-state index contributed by atoms with van der Waals surface area (Å²) in [4.78, 5) is 54.1. The van der Waals surface area contributed by atoms with Gasteiger partial charge in [0.1, 0.15) is 17.4 Å². The Morgan fingerprint density at radius 2 is 1.54 bits per heavy atom. The van der Waals surface area contributed by atoms with E-state index in [4.69, 9.17) is 14.2 Å². The lowest BCUT2D eigenvalue weighted by atomic mass is 9.94. The fourth-order valence-corrected chi connectivity index (χ4v) is 4.60. The zero-order valence-corrected chi connectivity index (χ0v) is 23.5. The summed E-state index contributed by atoms with van der Waals surface area (Å²) in [7, 11) is 1.56. The Bertz CT molecular complexity index is 1200. The van der Waals surface area contributed by atoms with Gasteiger partial charge in [0.05, 0.1) is 46.1 Å². The minimum Gasteiger partial charge on any atom is -0.497 e. The molecular weight excluding hydrogens is 528 g/mol. The lowest BCUT2D eigenvalue weighted by Gasteiger charge is -2.26. The van der Waals surface area contributed by atoms with Gasteiger partial charge in [-0.25, -0.2) is 0 Å². The third-order valence-corrected chi connectivity index (χ3v) is 7.18. The lowest BCUT2D eigenvalue weighted by molar-refractivity contribution is -0.133. The number of epoxide rings is 1. The molecule has 4 rings (SSSR count). The highest BCUT2D eigenvalue weighted by molar-refractivity contribution is 5.98. The van der Waals surface area contributed by atoms with Gasteiger partial charge >= 0.3 is 0 Å². The van der Waals surface area contributed by atoms with Crippen molar-refractivity contribution < 1.29 is 33.4 Å². The van der Waals surface area contributed by atoms with E-state index in [1.807, 2.05) is 35.2 Å². The molecule has 11 heteroatoms. The normalized spacial score (nSPS) is 19.9. The molecule has 220 valence electrons. The molecule has 3 N–H and O–H groups in total. The van der Waals surface area contributed by atoms with Crippen LogP contribution >= 0.6 is 0 Å². The molecule has 2 aliphatic rings. The van der Waals surface area contributed by atoms with Gasteiger partial charge in [-0.05, 0) is 36.6 Å². The molecule has 2 aliphatic heterocycles. The van der Waals surface area contributed by atoms with Crippen molar-refractivity contribution in [3.05, 3.63) is 65.7 Å². The molecule has 0 aliphatic carbocycles. The molecule has 0 radical (unpaired) electrons. The van der Waals surface area contributed by atoms with E-state index in [-0.39, 0.29) is 37.6 Å². The monoisotopic (exact) mass is 566 g/mol. The van der Waals surface area contributed by atoms with Crippen LogP contribution in [0.2, 0.25) is 0 Å². The molecule has 3 atom stereocenters. The first-order valence-corrected chi connectivity index (χ1v) is 13.8. The maximum absolute atomic E-state index is 13.6.